The number of halogens is 1. The quantitative estimate of drug-likeness (QED) is 0.741. The zero-order valence-electron chi connectivity index (χ0n) is 10.8. The fourth-order valence-electron chi connectivity index (χ4n) is 1.63. The van der Waals surface area contributed by atoms with Crippen molar-refractivity contribution in [2.24, 2.45) is 0 Å². The number of carbonyl (C=O) groups excluding carboxylic acids is 1. The number of benzene rings is 1. The second-order valence-corrected chi connectivity index (χ2v) is 4.71. The molecule has 0 heterocycles. The van der Waals surface area contributed by atoms with Crippen molar-refractivity contribution in [1.29, 1.82) is 0 Å². The number of aliphatic carboxylic acids is 1. The number of hydrogen-bond acceptors (Lipinski definition) is 3. The van der Waals surface area contributed by atoms with Crippen LogP contribution in [0.4, 0.5) is 0 Å². The topological polar surface area (TPSA) is 78.4 Å². The number of carboxylic acids is 1. The van der Waals surface area contributed by atoms with Gasteiger partial charge >= 0.3 is 5.97 Å². The lowest BCUT2D eigenvalue weighted by Gasteiger charge is -2.19. The fraction of sp³-hybridized carbons (Fsp3) is 0.385. The molecule has 104 valence electrons. The lowest BCUT2D eigenvalue weighted by molar-refractivity contribution is -0.141. The maximum atomic E-state index is 11.0. The molecule has 2 atom stereocenters. The molecule has 0 spiro atoms. The van der Waals surface area contributed by atoms with Gasteiger partial charge in [-0.1, -0.05) is 23.7 Å². The zero-order chi connectivity index (χ0) is 14.4. The first-order valence-corrected chi connectivity index (χ1v) is 6.26. The molecule has 1 aromatic carbocycles. The summed E-state index contributed by atoms with van der Waals surface area (Å²) in [6.07, 6.45) is 0. The molecule has 3 N–H and O–H groups in total. The third-order valence-electron chi connectivity index (χ3n) is 2.65. The van der Waals surface area contributed by atoms with Gasteiger partial charge in [-0.3, -0.25) is 4.79 Å². The van der Waals surface area contributed by atoms with E-state index in [1.54, 1.807) is 6.07 Å². The van der Waals surface area contributed by atoms with Gasteiger partial charge < -0.3 is 15.7 Å². The Kier molecular flexibility index (Phi) is 5.79. The average molecular weight is 285 g/mol. The number of rotatable bonds is 6. The standard InChI is InChI=1S/C13H17ClN2O3/c1-8(10-4-3-5-11(14)6-10)15-7-12(13(18)19)16-9(2)17/h3-6,8,12,15H,7H2,1-2H3,(H,16,17)(H,18,19)/t8-,12?/m1/s1. The minimum absolute atomic E-state index is 0.0608. The van der Waals surface area contributed by atoms with E-state index in [4.69, 9.17) is 16.7 Å². The Hall–Kier alpha value is -1.59. The number of nitrogens with one attached hydrogen (secondary N) is 2. The molecule has 19 heavy (non-hydrogen) atoms. The van der Waals surface area contributed by atoms with Crippen molar-refractivity contribution >= 4 is 23.5 Å². The van der Waals surface area contributed by atoms with Gasteiger partial charge in [0, 0.05) is 24.5 Å². The van der Waals surface area contributed by atoms with Crippen molar-refractivity contribution < 1.29 is 14.7 Å². The summed E-state index contributed by atoms with van der Waals surface area (Å²) in [6, 6.07) is 6.31. The predicted octanol–water partition coefficient (Wildman–Crippen LogP) is 1.58. The number of carboxylic acid groups (broad SMARTS) is 1. The van der Waals surface area contributed by atoms with Crippen molar-refractivity contribution in [1.82, 2.24) is 10.6 Å². The van der Waals surface area contributed by atoms with Gasteiger partial charge in [-0.05, 0) is 24.6 Å². The smallest absolute Gasteiger partial charge is 0.327 e. The lowest BCUT2D eigenvalue weighted by Crippen LogP contribution is -2.46. The summed E-state index contributed by atoms with van der Waals surface area (Å²) >= 11 is 5.89. The minimum atomic E-state index is -1.07. The van der Waals surface area contributed by atoms with E-state index in [1.165, 1.54) is 6.92 Å². The Labute approximate surface area is 117 Å². The highest BCUT2D eigenvalue weighted by atomic mass is 35.5. The lowest BCUT2D eigenvalue weighted by atomic mass is 10.1. The van der Waals surface area contributed by atoms with E-state index in [-0.39, 0.29) is 18.5 Å². The van der Waals surface area contributed by atoms with Crippen LogP contribution < -0.4 is 10.6 Å². The third kappa shape index (κ3) is 5.28. The molecule has 6 heteroatoms. The molecule has 1 rings (SSSR count). The SMILES string of the molecule is CC(=O)NC(CN[C@H](C)c1cccc(Cl)c1)C(=O)O. The molecule has 0 radical (unpaired) electrons. The van der Waals surface area contributed by atoms with E-state index < -0.39 is 12.0 Å². The predicted molar refractivity (Wildman–Crippen MR) is 73.1 cm³/mol. The van der Waals surface area contributed by atoms with Gasteiger partial charge in [0.1, 0.15) is 6.04 Å². The average Bonchev–Trinajstić information content (AvgIpc) is 2.33. The van der Waals surface area contributed by atoms with Crippen LogP contribution in [-0.4, -0.2) is 29.6 Å². The van der Waals surface area contributed by atoms with Crippen LogP contribution >= 0.6 is 11.6 Å². The summed E-state index contributed by atoms with van der Waals surface area (Å²) in [5, 5.41) is 15.0. The first kappa shape index (κ1) is 15.5. The summed E-state index contributed by atoms with van der Waals surface area (Å²) in [4.78, 5) is 21.9. The Balaban J connectivity index is 2.59. The molecular formula is C13H17ClN2O3. The highest BCUT2D eigenvalue weighted by Gasteiger charge is 2.19. The second kappa shape index (κ2) is 7.11. The van der Waals surface area contributed by atoms with E-state index in [9.17, 15) is 9.59 Å². The highest BCUT2D eigenvalue weighted by molar-refractivity contribution is 6.30. The first-order valence-electron chi connectivity index (χ1n) is 5.89. The summed E-state index contributed by atoms with van der Waals surface area (Å²) in [5.41, 5.74) is 0.958. The molecule has 0 aliphatic heterocycles. The molecule has 0 saturated carbocycles. The van der Waals surface area contributed by atoms with E-state index in [1.807, 2.05) is 25.1 Å². The third-order valence-corrected chi connectivity index (χ3v) is 2.89. The van der Waals surface area contributed by atoms with E-state index >= 15 is 0 Å². The van der Waals surface area contributed by atoms with Gasteiger partial charge in [-0.25, -0.2) is 4.79 Å². The molecular weight excluding hydrogens is 268 g/mol. The molecule has 1 aromatic rings. The van der Waals surface area contributed by atoms with Crippen molar-refractivity contribution in [3.05, 3.63) is 34.9 Å². The van der Waals surface area contributed by atoms with Crippen LogP contribution in [0.25, 0.3) is 0 Å². The minimum Gasteiger partial charge on any atom is -0.480 e. The van der Waals surface area contributed by atoms with Crippen molar-refractivity contribution in [3.63, 3.8) is 0 Å². The molecule has 0 aliphatic rings. The van der Waals surface area contributed by atoms with Crippen molar-refractivity contribution in [3.8, 4) is 0 Å². The Bertz CT molecular complexity index is 465. The fourth-order valence-corrected chi connectivity index (χ4v) is 1.83. The van der Waals surface area contributed by atoms with E-state index in [0.717, 1.165) is 5.56 Å². The molecule has 1 amide bonds. The van der Waals surface area contributed by atoms with Gasteiger partial charge in [-0.15, -0.1) is 0 Å². The van der Waals surface area contributed by atoms with Gasteiger partial charge in [0.2, 0.25) is 5.91 Å². The number of amides is 1. The molecule has 0 saturated heterocycles. The number of carbonyl (C=O) groups is 2. The van der Waals surface area contributed by atoms with Crippen LogP contribution in [0.1, 0.15) is 25.5 Å². The van der Waals surface area contributed by atoms with Gasteiger partial charge in [0.15, 0.2) is 0 Å². The normalized spacial score (nSPS) is 13.6. The summed E-state index contributed by atoms with van der Waals surface area (Å²) in [5.74, 6) is -1.44. The van der Waals surface area contributed by atoms with E-state index in [2.05, 4.69) is 10.6 Å². The second-order valence-electron chi connectivity index (χ2n) is 4.28. The molecule has 0 fully saturated rings. The molecule has 0 aromatic heterocycles. The number of hydrogen-bond donors (Lipinski definition) is 3. The van der Waals surface area contributed by atoms with Crippen LogP contribution in [0, 0.1) is 0 Å². The maximum Gasteiger partial charge on any atom is 0.327 e. The van der Waals surface area contributed by atoms with Gasteiger partial charge in [0.05, 0.1) is 0 Å². The Morgan fingerprint density at radius 3 is 2.63 bits per heavy atom. The van der Waals surface area contributed by atoms with Gasteiger partial charge in [-0.2, -0.15) is 0 Å². The van der Waals surface area contributed by atoms with Gasteiger partial charge in [0.25, 0.3) is 0 Å². The first-order chi connectivity index (χ1) is 8.90. The van der Waals surface area contributed by atoms with E-state index in [0.29, 0.717) is 5.02 Å². The monoisotopic (exact) mass is 284 g/mol. The summed E-state index contributed by atoms with van der Waals surface area (Å²) in [6.45, 7) is 3.33. The van der Waals surface area contributed by atoms with Crippen LogP contribution in [0.5, 0.6) is 0 Å². The summed E-state index contributed by atoms with van der Waals surface area (Å²) in [7, 11) is 0. The molecule has 0 aliphatic carbocycles. The Morgan fingerprint density at radius 2 is 2.11 bits per heavy atom. The molecule has 0 bridgehead atoms. The van der Waals surface area contributed by atoms with Crippen molar-refractivity contribution in [2.75, 3.05) is 6.54 Å². The summed E-state index contributed by atoms with van der Waals surface area (Å²) < 4.78 is 0. The Morgan fingerprint density at radius 1 is 1.42 bits per heavy atom. The van der Waals surface area contributed by atoms with Crippen LogP contribution in [0.3, 0.4) is 0 Å². The van der Waals surface area contributed by atoms with Crippen molar-refractivity contribution in [2.45, 2.75) is 25.9 Å². The molecule has 5 nitrogen and oxygen atoms in total. The highest BCUT2D eigenvalue weighted by Crippen LogP contribution is 2.17. The van der Waals surface area contributed by atoms with Crippen LogP contribution in [0.2, 0.25) is 5.02 Å². The molecule has 1 unspecified atom stereocenters. The van der Waals surface area contributed by atoms with Crippen LogP contribution in [0.15, 0.2) is 24.3 Å². The van der Waals surface area contributed by atoms with Crippen LogP contribution in [-0.2, 0) is 9.59 Å². The zero-order valence-corrected chi connectivity index (χ0v) is 11.6. The maximum absolute atomic E-state index is 11.0. The largest absolute Gasteiger partial charge is 0.480 e.